The molecule has 0 spiro atoms. The van der Waals surface area contributed by atoms with Gasteiger partial charge in [-0.15, -0.1) is 11.6 Å². The molecule has 1 heterocycles. The molecule has 1 saturated heterocycles. The summed E-state index contributed by atoms with van der Waals surface area (Å²) in [5.41, 5.74) is 2.43. The molecule has 2 rings (SSSR count). The van der Waals surface area contributed by atoms with Crippen LogP contribution in [0.15, 0.2) is 24.3 Å². The molecule has 3 atom stereocenters. The molecule has 1 nitrogen and oxygen atoms in total. The lowest BCUT2D eigenvalue weighted by Crippen LogP contribution is -2.19. The number of hydrogen-bond acceptors (Lipinski definition) is 1. The Hall–Kier alpha value is -0.530. The van der Waals surface area contributed by atoms with E-state index < -0.39 is 0 Å². The van der Waals surface area contributed by atoms with Crippen LogP contribution in [0.1, 0.15) is 29.8 Å². The molecule has 0 saturated carbocycles. The monoisotopic (exact) mass is 224 g/mol. The zero-order valence-corrected chi connectivity index (χ0v) is 10.00. The van der Waals surface area contributed by atoms with Gasteiger partial charge in [-0.05, 0) is 24.8 Å². The van der Waals surface area contributed by atoms with Crippen LogP contribution in [0.2, 0.25) is 0 Å². The highest BCUT2D eigenvalue weighted by Crippen LogP contribution is 2.35. The normalized spacial score (nSPS) is 27.9. The van der Waals surface area contributed by atoms with Gasteiger partial charge in [-0.3, -0.25) is 0 Å². The van der Waals surface area contributed by atoms with Crippen molar-refractivity contribution in [3.05, 3.63) is 35.4 Å². The lowest BCUT2D eigenvalue weighted by Gasteiger charge is -2.21. The van der Waals surface area contributed by atoms with Crippen LogP contribution in [0.4, 0.5) is 0 Å². The van der Waals surface area contributed by atoms with Crippen molar-refractivity contribution in [2.45, 2.75) is 31.7 Å². The Kier molecular flexibility index (Phi) is 3.32. The number of benzene rings is 1. The van der Waals surface area contributed by atoms with E-state index in [1.807, 2.05) is 0 Å². The molecule has 1 fully saturated rings. The Morgan fingerprint density at radius 1 is 1.33 bits per heavy atom. The highest BCUT2D eigenvalue weighted by Gasteiger charge is 2.31. The SMILES string of the molecule is Cc1ccc(C(Cl)C2OCCC2C)cc1. The van der Waals surface area contributed by atoms with Crippen LogP contribution in [0.25, 0.3) is 0 Å². The molecule has 1 aliphatic rings. The number of alkyl halides is 1. The molecule has 3 unspecified atom stereocenters. The first kappa shape index (κ1) is 11.0. The molecule has 15 heavy (non-hydrogen) atoms. The zero-order chi connectivity index (χ0) is 10.8. The fraction of sp³-hybridized carbons (Fsp3) is 0.538. The summed E-state index contributed by atoms with van der Waals surface area (Å²) in [7, 11) is 0. The molecule has 0 radical (unpaired) electrons. The second-order valence-corrected chi connectivity index (χ2v) is 4.88. The van der Waals surface area contributed by atoms with Crippen LogP contribution in [0.3, 0.4) is 0 Å². The van der Waals surface area contributed by atoms with Crippen LogP contribution in [0.5, 0.6) is 0 Å². The Morgan fingerprint density at radius 3 is 2.53 bits per heavy atom. The van der Waals surface area contributed by atoms with Gasteiger partial charge in [0.25, 0.3) is 0 Å². The lowest BCUT2D eigenvalue weighted by atomic mass is 9.96. The van der Waals surface area contributed by atoms with Gasteiger partial charge in [0.1, 0.15) is 0 Å². The third-order valence-corrected chi connectivity index (χ3v) is 3.63. The fourth-order valence-electron chi connectivity index (χ4n) is 2.03. The van der Waals surface area contributed by atoms with E-state index in [0.29, 0.717) is 5.92 Å². The number of hydrogen-bond donors (Lipinski definition) is 0. The van der Waals surface area contributed by atoms with Crippen LogP contribution in [0, 0.1) is 12.8 Å². The summed E-state index contributed by atoms with van der Waals surface area (Å²) >= 11 is 6.43. The van der Waals surface area contributed by atoms with E-state index in [-0.39, 0.29) is 11.5 Å². The predicted octanol–water partition coefficient (Wildman–Crippen LogP) is 3.70. The van der Waals surface area contributed by atoms with Gasteiger partial charge in [0, 0.05) is 6.61 Å². The van der Waals surface area contributed by atoms with E-state index in [2.05, 4.69) is 38.1 Å². The predicted molar refractivity (Wildman–Crippen MR) is 63.3 cm³/mol. The molecule has 2 heteroatoms. The molecular formula is C13H17ClO. The average molecular weight is 225 g/mol. The molecule has 0 amide bonds. The van der Waals surface area contributed by atoms with Crippen molar-refractivity contribution < 1.29 is 4.74 Å². The van der Waals surface area contributed by atoms with Gasteiger partial charge in [0.05, 0.1) is 11.5 Å². The first-order valence-electron chi connectivity index (χ1n) is 5.50. The summed E-state index contributed by atoms with van der Waals surface area (Å²) < 4.78 is 5.68. The van der Waals surface area contributed by atoms with Gasteiger partial charge < -0.3 is 4.74 Å². The molecule has 1 aliphatic heterocycles. The van der Waals surface area contributed by atoms with Crippen LogP contribution < -0.4 is 0 Å². The van der Waals surface area contributed by atoms with Crippen molar-refractivity contribution in [1.82, 2.24) is 0 Å². The summed E-state index contributed by atoms with van der Waals surface area (Å²) in [5, 5.41) is -0.0110. The Labute approximate surface area is 96.4 Å². The maximum Gasteiger partial charge on any atom is 0.0849 e. The number of ether oxygens (including phenoxy) is 1. The number of aryl methyl sites for hydroxylation is 1. The fourth-order valence-corrected chi connectivity index (χ4v) is 2.50. The second-order valence-electron chi connectivity index (χ2n) is 4.41. The Morgan fingerprint density at radius 2 is 2.00 bits per heavy atom. The summed E-state index contributed by atoms with van der Waals surface area (Å²) in [5.74, 6) is 0.564. The molecular weight excluding hydrogens is 208 g/mol. The summed E-state index contributed by atoms with van der Waals surface area (Å²) in [6, 6.07) is 8.40. The van der Waals surface area contributed by atoms with Crippen molar-refractivity contribution >= 4 is 11.6 Å². The van der Waals surface area contributed by atoms with Gasteiger partial charge >= 0.3 is 0 Å². The molecule has 82 valence electrons. The molecule has 0 aromatic heterocycles. The average Bonchev–Trinajstić information content (AvgIpc) is 2.65. The van der Waals surface area contributed by atoms with Crippen molar-refractivity contribution in [2.75, 3.05) is 6.61 Å². The first-order chi connectivity index (χ1) is 7.18. The number of rotatable bonds is 2. The van der Waals surface area contributed by atoms with E-state index in [1.165, 1.54) is 11.1 Å². The lowest BCUT2D eigenvalue weighted by molar-refractivity contribution is 0.0903. The maximum atomic E-state index is 6.43. The third kappa shape index (κ3) is 2.35. The van der Waals surface area contributed by atoms with E-state index >= 15 is 0 Å². The van der Waals surface area contributed by atoms with E-state index in [0.717, 1.165) is 13.0 Å². The van der Waals surface area contributed by atoms with Gasteiger partial charge in [0.2, 0.25) is 0 Å². The van der Waals surface area contributed by atoms with Gasteiger partial charge in [0.15, 0.2) is 0 Å². The van der Waals surface area contributed by atoms with Crippen LogP contribution in [-0.4, -0.2) is 12.7 Å². The largest absolute Gasteiger partial charge is 0.376 e. The van der Waals surface area contributed by atoms with Gasteiger partial charge in [-0.1, -0.05) is 36.8 Å². The van der Waals surface area contributed by atoms with E-state index in [4.69, 9.17) is 16.3 Å². The maximum absolute atomic E-state index is 6.43. The molecule has 1 aromatic rings. The smallest absolute Gasteiger partial charge is 0.0849 e. The molecule has 0 aliphatic carbocycles. The summed E-state index contributed by atoms with van der Waals surface area (Å²) in [4.78, 5) is 0. The third-order valence-electron chi connectivity index (χ3n) is 3.13. The van der Waals surface area contributed by atoms with Crippen molar-refractivity contribution in [1.29, 1.82) is 0 Å². The highest BCUT2D eigenvalue weighted by molar-refractivity contribution is 6.21. The van der Waals surface area contributed by atoms with Crippen molar-refractivity contribution in [3.8, 4) is 0 Å². The molecule has 1 aromatic carbocycles. The highest BCUT2D eigenvalue weighted by atomic mass is 35.5. The Balaban J connectivity index is 2.13. The van der Waals surface area contributed by atoms with Gasteiger partial charge in [-0.2, -0.15) is 0 Å². The second kappa shape index (κ2) is 4.54. The van der Waals surface area contributed by atoms with Gasteiger partial charge in [-0.25, -0.2) is 0 Å². The van der Waals surface area contributed by atoms with Crippen molar-refractivity contribution in [2.24, 2.45) is 5.92 Å². The molecule has 0 N–H and O–H groups in total. The summed E-state index contributed by atoms with van der Waals surface area (Å²) in [6.07, 6.45) is 1.30. The van der Waals surface area contributed by atoms with E-state index in [9.17, 15) is 0 Å². The first-order valence-corrected chi connectivity index (χ1v) is 5.94. The minimum absolute atomic E-state index is 0.0110. The minimum Gasteiger partial charge on any atom is -0.376 e. The zero-order valence-electron chi connectivity index (χ0n) is 9.24. The van der Waals surface area contributed by atoms with Crippen molar-refractivity contribution in [3.63, 3.8) is 0 Å². The summed E-state index contributed by atoms with van der Waals surface area (Å²) in [6.45, 7) is 5.14. The minimum atomic E-state index is -0.0110. The quantitative estimate of drug-likeness (QED) is 0.696. The number of halogens is 1. The van der Waals surface area contributed by atoms with E-state index in [1.54, 1.807) is 0 Å². The van der Waals surface area contributed by atoms with Crippen LogP contribution in [-0.2, 0) is 4.74 Å². The molecule has 0 bridgehead atoms. The van der Waals surface area contributed by atoms with Crippen LogP contribution >= 0.6 is 11.6 Å². The topological polar surface area (TPSA) is 9.23 Å². The Bertz CT molecular complexity index is 320. The standard InChI is InChI=1S/C13H17ClO/c1-9-3-5-11(6-4-9)12(14)13-10(2)7-8-15-13/h3-6,10,12-13H,7-8H2,1-2H3.